The molecule has 1 N–H and O–H groups in total. The number of urea groups is 1. The second-order valence-corrected chi connectivity index (χ2v) is 11.3. The van der Waals surface area contributed by atoms with Crippen LogP contribution in [0.1, 0.15) is 38.7 Å². The lowest BCUT2D eigenvalue weighted by Gasteiger charge is -2.41. The first-order valence-corrected chi connectivity index (χ1v) is 15.1. The van der Waals surface area contributed by atoms with Gasteiger partial charge in [0.2, 0.25) is 0 Å². The SMILES string of the molecule is C/C=C\C1=C(C)OC2(CCN(C(=O)Nc3cccc4nsnc34)CC2)CCN1Cc1ccc(Oc2ccccc2)cc1. The molecule has 0 radical (unpaired) electrons. The molecule has 216 valence electrons. The quantitative estimate of drug-likeness (QED) is 0.253. The number of piperidine rings is 1. The Morgan fingerprint density at radius 1 is 0.976 bits per heavy atom. The molecule has 6 rings (SSSR count). The molecule has 0 unspecified atom stereocenters. The van der Waals surface area contributed by atoms with Gasteiger partial charge < -0.3 is 24.6 Å². The first-order chi connectivity index (χ1) is 20.5. The standard InChI is InChI=1S/C33H35N5O3S/c1-3-8-30-24(2)41-33(17-20-37(21-18-33)32(39)34-28-11-7-12-29-31(28)36-42-35-29)19-22-38(30)23-25-13-15-27(16-14-25)40-26-9-5-4-6-10-26/h3-16H,17-23H2,1-2H3,(H,34,39)/b8-3-. The third-order valence-electron chi connectivity index (χ3n) is 8.00. The van der Waals surface area contributed by atoms with E-state index in [9.17, 15) is 4.79 Å². The highest BCUT2D eigenvalue weighted by atomic mass is 32.1. The lowest BCUT2D eigenvalue weighted by molar-refractivity contribution is -0.0417. The van der Waals surface area contributed by atoms with Crippen LogP contribution in [0.2, 0.25) is 0 Å². The van der Waals surface area contributed by atoms with Crippen molar-refractivity contribution in [2.45, 2.75) is 45.3 Å². The first kappa shape index (κ1) is 27.8. The van der Waals surface area contributed by atoms with E-state index in [2.05, 4.69) is 50.2 Å². The number of para-hydroxylation sites is 1. The summed E-state index contributed by atoms with van der Waals surface area (Å²) in [5.41, 5.74) is 4.23. The maximum Gasteiger partial charge on any atom is 0.321 e. The van der Waals surface area contributed by atoms with E-state index in [0.29, 0.717) is 18.8 Å². The summed E-state index contributed by atoms with van der Waals surface area (Å²) < 4.78 is 21.3. The Kier molecular flexibility index (Phi) is 8.10. The minimum atomic E-state index is -0.297. The molecular weight excluding hydrogens is 546 g/mol. The number of hydrogen-bond donors (Lipinski definition) is 1. The van der Waals surface area contributed by atoms with Gasteiger partial charge in [-0.2, -0.15) is 8.75 Å². The van der Waals surface area contributed by atoms with Crippen LogP contribution in [-0.4, -0.2) is 49.8 Å². The minimum absolute atomic E-state index is 0.109. The highest BCUT2D eigenvalue weighted by Gasteiger charge is 2.40. The molecule has 0 saturated carbocycles. The largest absolute Gasteiger partial charge is 0.490 e. The third kappa shape index (κ3) is 6.11. The van der Waals surface area contributed by atoms with Crippen LogP contribution < -0.4 is 10.1 Å². The third-order valence-corrected chi connectivity index (χ3v) is 8.54. The van der Waals surface area contributed by atoms with Gasteiger partial charge in [0.15, 0.2) is 0 Å². The van der Waals surface area contributed by atoms with E-state index in [-0.39, 0.29) is 11.6 Å². The van der Waals surface area contributed by atoms with Gasteiger partial charge in [0, 0.05) is 45.4 Å². The van der Waals surface area contributed by atoms with Gasteiger partial charge in [0.1, 0.15) is 33.9 Å². The van der Waals surface area contributed by atoms with Crippen LogP contribution in [-0.2, 0) is 11.3 Å². The zero-order chi connectivity index (χ0) is 28.9. The van der Waals surface area contributed by atoms with E-state index in [0.717, 1.165) is 78.1 Å². The van der Waals surface area contributed by atoms with Crippen molar-refractivity contribution in [3.8, 4) is 11.5 Å². The highest BCUT2D eigenvalue weighted by Crippen LogP contribution is 2.37. The Bertz CT molecular complexity index is 1590. The Labute approximate surface area is 250 Å². The number of benzene rings is 3. The van der Waals surface area contributed by atoms with Crippen molar-refractivity contribution in [3.05, 3.63) is 102 Å². The number of hydrogen-bond acceptors (Lipinski definition) is 7. The van der Waals surface area contributed by atoms with E-state index in [1.54, 1.807) is 0 Å². The maximum absolute atomic E-state index is 13.1. The summed E-state index contributed by atoms with van der Waals surface area (Å²) in [7, 11) is 0. The molecule has 4 aromatic rings. The summed E-state index contributed by atoms with van der Waals surface area (Å²) in [6, 6.07) is 23.7. The van der Waals surface area contributed by atoms with Gasteiger partial charge >= 0.3 is 6.03 Å². The van der Waals surface area contributed by atoms with E-state index in [1.807, 2.05) is 72.5 Å². The number of fused-ring (bicyclic) bond motifs is 1. The van der Waals surface area contributed by atoms with Crippen molar-refractivity contribution in [1.29, 1.82) is 0 Å². The molecule has 3 heterocycles. The number of carbonyl (C=O) groups excluding carboxylic acids is 1. The number of allylic oxidation sites excluding steroid dienone is 3. The van der Waals surface area contributed by atoms with E-state index >= 15 is 0 Å². The summed E-state index contributed by atoms with van der Waals surface area (Å²) in [6.45, 7) is 7.00. The van der Waals surface area contributed by atoms with Gasteiger partial charge in [0.25, 0.3) is 0 Å². The lowest BCUT2D eigenvalue weighted by Crippen LogP contribution is -2.49. The lowest BCUT2D eigenvalue weighted by atomic mass is 9.87. The van der Waals surface area contributed by atoms with Crippen LogP contribution in [0.3, 0.4) is 0 Å². The predicted molar refractivity (Wildman–Crippen MR) is 167 cm³/mol. The van der Waals surface area contributed by atoms with Gasteiger partial charge in [-0.15, -0.1) is 0 Å². The molecule has 1 saturated heterocycles. The Balaban J connectivity index is 1.10. The molecule has 42 heavy (non-hydrogen) atoms. The molecule has 0 atom stereocenters. The summed E-state index contributed by atoms with van der Waals surface area (Å²) in [6.07, 6.45) is 6.65. The van der Waals surface area contributed by atoms with Crippen LogP contribution in [0.25, 0.3) is 11.0 Å². The monoisotopic (exact) mass is 581 g/mol. The Hall–Kier alpha value is -4.37. The number of aromatic nitrogens is 2. The molecule has 8 nitrogen and oxygen atoms in total. The number of ether oxygens (including phenoxy) is 2. The van der Waals surface area contributed by atoms with Crippen LogP contribution in [0, 0.1) is 0 Å². The number of anilines is 1. The number of nitrogens with zero attached hydrogens (tertiary/aromatic N) is 4. The highest BCUT2D eigenvalue weighted by molar-refractivity contribution is 7.00. The number of amides is 2. The molecule has 2 aliphatic heterocycles. The van der Waals surface area contributed by atoms with E-state index in [4.69, 9.17) is 9.47 Å². The van der Waals surface area contributed by atoms with Gasteiger partial charge in [-0.25, -0.2) is 4.79 Å². The zero-order valence-electron chi connectivity index (χ0n) is 24.0. The van der Waals surface area contributed by atoms with Crippen molar-refractivity contribution in [2.24, 2.45) is 0 Å². The van der Waals surface area contributed by atoms with Gasteiger partial charge in [-0.05, 0) is 61.9 Å². The average molecular weight is 582 g/mol. The molecule has 1 fully saturated rings. The van der Waals surface area contributed by atoms with Crippen molar-refractivity contribution in [3.63, 3.8) is 0 Å². The molecule has 1 spiro atoms. The van der Waals surface area contributed by atoms with E-state index < -0.39 is 0 Å². The van der Waals surface area contributed by atoms with Crippen LogP contribution in [0.4, 0.5) is 10.5 Å². The van der Waals surface area contributed by atoms with E-state index in [1.165, 1.54) is 5.56 Å². The fourth-order valence-electron chi connectivity index (χ4n) is 5.73. The van der Waals surface area contributed by atoms with Crippen LogP contribution in [0.15, 0.2) is 96.4 Å². The van der Waals surface area contributed by atoms with Crippen LogP contribution in [0.5, 0.6) is 11.5 Å². The molecule has 0 aliphatic carbocycles. The van der Waals surface area contributed by atoms with Gasteiger partial charge in [-0.1, -0.05) is 42.5 Å². The number of likely N-dealkylation sites (tertiary alicyclic amines) is 1. The smallest absolute Gasteiger partial charge is 0.321 e. The summed E-state index contributed by atoms with van der Waals surface area (Å²) in [4.78, 5) is 17.4. The fourth-order valence-corrected chi connectivity index (χ4v) is 6.28. The second kappa shape index (κ2) is 12.2. The van der Waals surface area contributed by atoms with Crippen molar-refractivity contribution in [1.82, 2.24) is 18.5 Å². The van der Waals surface area contributed by atoms with Gasteiger partial charge in [0.05, 0.1) is 23.1 Å². The number of nitrogens with one attached hydrogen (secondary N) is 1. The van der Waals surface area contributed by atoms with Crippen molar-refractivity contribution >= 4 is 34.5 Å². The zero-order valence-corrected chi connectivity index (χ0v) is 24.8. The molecule has 9 heteroatoms. The molecular formula is C33H35N5O3S. The summed E-state index contributed by atoms with van der Waals surface area (Å²) in [5, 5.41) is 3.04. The summed E-state index contributed by atoms with van der Waals surface area (Å²) in [5.74, 6) is 2.57. The molecule has 0 bridgehead atoms. The topological polar surface area (TPSA) is 79.8 Å². The molecule has 2 amide bonds. The molecule has 3 aromatic carbocycles. The maximum atomic E-state index is 13.1. The minimum Gasteiger partial charge on any atom is -0.490 e. The van der Waals surface area contributed by atoms with Crippen molar-refractivity contribution in [2.75, 3.05) is 25.0 Å². The Morgan fingerprint density at radius 3 is 2.48 bits per heavy atom. The first-order valence-electron chi connectivity index (χ1n) is 14.4. The number of rotatable bonds is 6. The number of carbonyl (C=O) groups is 1. The second-order valence-electron chi connectivity index (χ2n) is 10.8. The van der Waals surface area contributed by atoms with Crippen molar-refractivity contribution < 1.29 is 14.3 Å². The van der Waals surface area contributed by atoms with Crippen LogP contribution >= 0.6 is 11.7 Å². The molecule has 1 aromatic heterocycles. The summed E-state index contributed by atoms with van der Waals surface area (Å²) >= 11 is 1.15. The fraction of sp³-hybridized carbons (Fsp3) is 0.303. The van der Waals surface area contributed by atoms with Gasteiger partial charge in [-0.3, -0.25) is 0 Å². The normalized spacial score (nSPS) is 17.0. The average Bonchev–Trinajstić information content (AvgIpc) is 3.46. The Morgan fingerprint density at radius 2 is 1.71 bits per heavy atom. The molecule has 2 aliphatic rings. The predicted octanol–water partition coefficient (Wildman–Crippen LogP) is 7.58.